The molecule has 0 aliphatic carbocycles. The van der Waals surface area contributed by atoms with Crippen molar-refractivity contribution < 1.29 is 4.92 Å². The van der Waals surface area contributed by atoms with Crippen LogP contribution in [0.3, 0.4) is 0 Å². The number of rotatable bonds is 1. The van der Waals surface area contributed by atoms with Gasteiger partial charge in [-0.1, -0.05) is 20.8 Å². The minimum absolute atomic E-state index is 0.0204. The van der Waals surface area contributed by atoms with Crippen molar-refractivity contribution in [3.63, 3.8) is 0 Å². The maximum absolute atomic E-state index is 10.7. The van der Waals surface area contributed by atoms with Crippen LogP contribution in [0.5, 0.6) is 0 Å². The Bertz CT molecular complexity index is 550. The average molecular weight is 218 g/mol. The molecule has 0 aliphatic heterocycles. The van der Waals surface area contributed by atoms with Gasteiger partial charge < -0.3 is 4.98 Å². The summed E-state index contributed by atoms with van der Waals surface area (Å²) in [7, 11) is 0. The van der Waals surface area contributed by atoms with Gasteiger partial charge in [-0.3, -0.25) is 10.1 Å². The van der Waals surface area contributed by atoms with Gasteiger partial charge in [-0.15, -0.1) is 0 Å². The smallest absolute Gasteiger partial charge is 0.270 e. The fourth-order valence-corrected chi connectivity index (χ4v) is 1.84. The van der Waals surface area contributed by atoms with E-state index in [9.17, 15) is 10.1 Å². The molecule has 16 heavy (non-hydrogen) atoms. The number of H-pyrrole nitrogens is 1. The highest BCUT2D eigenvalue weighted by atomic mass is 16.6. The molecule has 2 aromatic rings. The van der Waals surface area contributed by atoms with E-state index in [-0.39, 0.29) is 16.0 Å². The summed E-state index contributed by atoms with van der Waals surface area (Å²) in [5, 5.41) is 11.7. The van der Waals surface area contributed by atoms with Crippen LogP contribution >= 0.6 is 0 Å². The maximum atomic E-state index is 10.7. The van der Waals surface area contributed by atoms with Crippen molar-refractivity contribution >= 4 is 16.6 Å². The number of nitrogens with zero attached hydrogens (tertiary/aromatic N) is 1. The predicted molar refractivity (Wildman–Crippen MR) is 63.7 cm³/mol. The van der Waals surface area contributed by atoms with Crippen LogP contribution in [0, 0.1) is 10.1 Å². The molecule has 0 saturated carbocycles. The van der Waals surface area contributed by atoms with E-state index in [1.807, 2.05) is 6.20 Å². The van der Waals surface area contributed by atoms with Crippen molar-refractivity contribution in [1.82, 2.24) is 4.98 Å². The van der Waals surface area contributed by atoms with Gasteiger partial charge in [-0.25, -0.2) is 0 Å². The van der Waals surface area contributed by atoms with Gasteiger partial charge in [0.2, 0.25) is 0 Å². The number of hydrogen-bond acceptors (Lipinski definition) is 2. The molecule has 4 heteroatoms. The van der Waals surface area contributed by atoms with E-state index >= 15 is 0 Å². The fourth-order valence-electron chi connectivity index (χ4n) is 1.84. The molecule has 0 saturated heterocycles. The third-order valence-corrected chi connectivity index (χ3v) is 2.68. The van der Waals surface area contributed by atoms with Crippen molar-refractivity contribution in [1.29, 1.82) is 0 Å². The monoisotopic (exact) mass is 218 g/mol. The summed E-state index contributed by atoms with van der Waals surface area (Å²) >= 11 is 0. The topological polar surface area (TPSA) is 58.9 Å². The molecule has 0 aliphatic rings. The number of non-ortho nitro benzene ring substituents is 1. The lowest BCUT2D eigenvalue weighted by molar-refractivity contribution is -0.384. The van der Waals surface area contributed by atoms with Crippen molar-refractivity contribution in [2.75, 3.05) is 0 Å². The molecule has 0 spiro atoms. The summed E-state index contributed by atoms with van der Waals surface area (Å²) in [6.07, 6.45) is 1.92. The molecule has 0 atom stereocenters. The van der Waals surface area contributed by atoms with Crippen LogP contribution < -0.4 is 0 Å². The first kappa shape index (κ1) is 10.7. The number of nitrogens with one attached hydrogen (secondary N) is 1. The van der Waals surface area contributed by atoms with Crippen LogP contribution in [0.2, 0.25) is 0 Å². The molecule has 0 radical (unpaired) electrons. The SMILES string of the molecule is CC(C)(C)c1c[nH]c2ccc([N+](=O)[O-])cc12. The van der Waals surface area contributed by atoms with Gasteiger partial charge in [-0.05, 0) is 17.0 Å². The number of aromatic amines is 1. The number of nitro benzene ring substituents is 1. The van der Waals surface area contributed by atoms with E-state index in [4.69, 9.17) is 0 Å². The molecule has 1 aromatic carbocycles. The van der Waals surface area contributed by atoms with Crippen LogP contribution in [0.1, 0.15) is 26.3 Å². The Hall–Kier alpha value is -1.84. The first-order chi connectivity index (χ1) is 7.39. The molecular formula is C12H14N2O2. The number of benzene rings is 1. The van der Waals surface area contributed by atoms with E-state index in [0.29, 0.717) is 0 Å². The van der Waals surface area contributed by atoms with Crippen molar-refractivity contribution in [2.24, 2.45) is 0 Å². The van der Waals surface area contributed by atoms with E-state index < -0.39 is 0 Å². The van der Waals surface area contributed by atoms with Crippen LogP contribution in [-0.2, 0) is 5.41 Å². The van der Waals surface area contributed by atoms with Gasteiger partial charge >= 0.3 is 0 Å². The lowest BCUT2D eigenvalue weighted by atomic mass is 9.87. The third kappa shape index (κ3) is 1.66. The summed E-state index contributed by atoms with van der Waals surface area (Å²) in [6, 6.07) is 4.90. The average Bonchev–Trinajstić information content (AvgIpc) is 2.58. The van der Waals surface area contributed by atoms with Gasteiger partial charge in [0.1, 0.15) is 0 Å². The normalized spacial score (nSPS) is 11.9. The van der Waals surface area contributed by atoms with E-state index in [1.54, 1.807) is 12.1 Å². The molecule has 2 rings (SSSR count). The summed E-state index contributed by atoms with van der Waals surface area (Å²) in [4.78, 5) is 13.5. The van der Waals surface area contributed by atoms with E-state index in [1.165, 1.54) is 6.07 Å². The Balaban J connectivity index is 2.70. The van der Waals surface area contributed by atoms with Crippen molar-refractivity contribution in [3.8, 4) is 0 Å². The highest BCUT2D eigenvalue weighted by Crippen LogP contribution is 2.31. The molecule has 1 heterocycles. The van der Waals surface area contributed by atoms with Crippen LogP contribution in [0.15, 0.2) is 24.4 Å². The summed E-state index contributed by atoms with van der Waals surface area (Å²) in [6.45, 7) is 6.28. The second-order valence-electron chi connectivity index (χ2n) is 4.94. The highest BCUT2D eigenvalue weighted by molar-refractivity contribution is 5.86. The first-order valence-electron chi connectivity index (χ1n) is 5.15. The van der Waals surface area contributed by atoms with Crippen LogP contribution in [-0.4, -0.2) is 9.91 Å². The zero-order chi connectivity index (χ0) is 11.9. The van der Waals surface area contributed by atoms with Gasteiger partial charge in [-0.2, -0.15) is 0 Å². The van der Waals surface area contributed by atoms with Crippen LogP contribution in [0.4, 0.5) is 5.69 Å². The summed E-state index contributed by atoms with van der Waals surface area (Å²) in [5.41, 5.74) is 2.16. The largest absolute Gasteiger partial charge is 0.361 e. The molecule has 1 aromatic heterocycles. The second-order valence-corrected chi connectivity index (χ2v) is 4.94. The van der Waals surface area contributed by atoms with Crippen LogP contribution in [0.25, 0.3) is 10.9 Å². The second kappa shape index (κ2) is 3.33. The highest BCUT2D eigenvalue weighted by Gasteiger charge is 2.19. The van der Waals surface area contributed by atoms with Gasteiger partial charge in [0.05, 0.1) is 4.92 Å². The molecule has 0 bridgehead atoms. The summed E-state index contributed by atoms with van der Waals surface area (Å²) < 4.78 is 0. The number of fused-ring (bicyclic) bond motifs is 1. The Morgan fingerprint density at radius 2 is 2.00 bits per heavy atom. The Kier molecular flexibility index (Phi) is 2.22. The summed E-state index contributed by atoms with van der Waals surface area (Å²) in [5.74, 6) is 0. The fraction of sp³-hybridized carbons (Fsp3) is 0.333. The molecule has 1 N–H and O–H groups in total. The third-order valence-electron chi connectivity index (χ3n) is 2.68. The molecule has 0 unspecified atom stereocenters. The quantitative estimate of drug-likeness (QED) is 0.589. The molecule has 0 fully saturated rings. The standard InChI is InChI=1S/C12H14N2O2/c1-12(2,3)10-7-13-11-5-4-8(14(15)16)6-9(10)11/h4-7,13H,1-3H3. The number of hydrogen-bond donors (Lipinski definition) is 1. The Morgan fingerprint density at radius 3 is 2.56 bits per heavy atom. The predicted octanol–water partition coefficient (Wildman–Crippen LogP) is 3.37. The Morgan fingerprint density at radius 1 is 1.31 bits per heavy atom. The van der Waals surface area contributed by atoms with E-state index in [2.05, 4.69) is 25.8 Å². The Labute approximate surface area is 93.4 Å². The zero-order valence-corrected chi connectivity index (χ0v) is 9.57. The minimum atomic E-state index is -0.362. The first-order valence-corrected chi connectivity index (χ1v) is 5.15. The minimum Gasteiger partial charge on any atom is -0.361 e. The van der Waals surface area contributed by atoms with Gasteiger partial charge in [0.25, 0.3) is 5.69 Å². The zero-order valence-electron chi connectivity index (χ0n) is 9.57. The molecule has 4 nitrogen and oxygen atoms in total. The van der Waals surface area contributed by atoms with E-state index in [0.717, 1.165) is 16.5 Å². The lowest BCUT2D eigenvalue weighted by Gasteiger charge is -2.17. The van der Waals surface area contributed by atoms with Crippen molar-refractivity contribution in [3.05, 3.63) is 40.1 Å². The molecular weight excluding hydrogens is 204 g/mol. The molecule has 0 amide bonds. The number of aromatic nitrogens is 1. The van der Waals surface area contributed by atoms with Crippen molar-refractivity contribution in [2.45, 2.75) is 26.2 Å². The molecule has 84 valence electrons. The lowest BCUT2D eigenvalue weighted by Crippen LogP contribution is -2.09. The number of nitro groups is 1. The maximum Gasteiger partial charge on any atom is 0.270 e. The van der Waals surface area contributed by atoms with Gasteiger partial charge in [0.15, 0.2) is 0 Å². The van der Waals surface area contributed by atoms with Gasteiger partial charge in [0, 0.05) is 29.2 Å².